The van der Waals surface area contributed by atoms with Crippen LogP contribution in [0.15, 0.2) is 52.7 Å². The van der Waals surface area contributed by atoms with Gasteiger partial charge in [-0.05, 0) is 49.9 Å². The van der Waals surface area contributed by atoms with Gasteiger partial charge in [0, 0.05) is 37.1 Å². The average molecular weight is 434 g/mol. The Labute approximate surface area is 176 Å². The summed E-state index contributed by atoms with van der Waals surface area (Å²) in [5.41, 5.74) is 0. The van der Waals surface area contributed by atoms with Crippen LogP contribution >= 0.6 is 11.3 Å². The van der Waals surface area contributed by atoms with Gasteiger partial charge in [0.1, 0.15) is 0 Å². The largest absolute Gasteiger partial charge is 0.339 e. The molecule has 4 rings (SSSR count). The molecule has 2 aliphatic rings. The summed E-state index contributed by atoms with van der Waals surface area (Å²) in [6.45, 7) is 4.47. The van der Waals surface area contributed by atoms with Crippen LogP contribution in [0.1, 0.15) is 30.7 Å². The van der Waals surface area contributed by atoms with E-state index in [4.69, 9.17) is 0 Å². The van der Waals surface area contributed by atoms with E-state index < -0.39 is 10.0 Å². The number of amides is 1. The summed E-state index contributed by atoms with van der Waals surface area (Å²) in [4.78, 5) is 18.9. The minimum atomic E-state index is -3.50. The van der Waals surface area contributed by atoms with Crippen LogP contribution in [-0.4, -0.2) is 67.2 Å². The van der Waals surface area contributed by atoms with E-state index in [9.17, 15) is 13.2 Å². The van der Waals surface area contributed by atoms with Gasteiger partial charge in [0.05, 0.1) is 10.9 Å². The van der Waals surface area contributed by atoms with Gasteiger partial charge in [-0.2, -0.15) is 4.31 Å². The van der Waals surface area contributed by atoms with Crippen molar-refractivity contribution in [2.75, 3.05) is 32.7 Å². The first-order valence-corrected chi connectivity index (χ1v) is 12.4. The fraction of sp³-hybridized carbons (Fsp3) is 0.476. The van der Waals surface area contributed by atoms with Gasteiger partial charge in [-0.3, -0.25) is 9.69 Å². The number of likely N-dealkylation sites (tertiary alicyclic amines) is 1. The first-order valence-electron chi connectivity index (χ1n) is 10.1. The van der Waals surface area contributed by atoms with Crippen molar-refractivity contribution in [3.8, 4) is 0 Å². The van der Waals surface area contributed by atoms with Gasteiger partial charge in [0.25, 0.3) is 0 Å². The molecule has 2 fully saturated rings. The van der Waals surface area contributed by atoms with Crippen LogP contribution in [0.3, 0.4) is 0 Å². The fourth-order valence-electron chi connectivity index (χ4n) is 4.34. The third-order valence-electron chi connectivity index (χ3n) is 5.95. The zero-order valence-corrected chi connectivity index (χ0v) is 18.2. The summed E-state index contributed by atoms with van der Waals surface area (Å²) in [5, 5.41) is 2.09. The van der Waals surface area contributed by atoms with Crippen LogP contribution in [0, 0.1) is 0 Å². The molecule has 29 heavy (non-hydrogen) atoms. The monoisotopic (exact) mass is 433 g/mol. The molecule has 0 radical (unpaired) electrons. The molecule has 1 amide bonds. The molecule has 6 nitrogen and oxygen atoms in total. The highest BCUT2D eigenvalue weighted by atomic mass is 32.2. The van der Waals surface area contributed by atoms with Gasteiger partial charge in [0.2, 0.25) is 15.9 Å². The van der Waals surface area contributed by atoms with E-state index >= 15 is 0 Å². The number of piperazine rings is 1. The third kappa shape index (κ3) is 4.12. The van der Waals surface area contributed by atoms with Gasteiger partial charge in [0.15, 0.2) is 0 Å². The third-order valence-corrected chi connectivity index (χ3v) is 8.84. The van der Waals surface area contributed by atoms with Crippen LogP contribution in [0.5, 0.6) is 0 Å². The second-order valence-electron chi connectivity index (χ2n) is 7.63. The van der Waals surface area contributed by atoms with E-state index in [-0.39, 0.29) is 11.9 Å². The van der Waals surface area contributed by atoms with Gasteiger partial charge < -0.3 is 4.90 Å². The molecule has 2 aromatic rings. The molecule has 156 valence electrons. The van der Waals surface area contributed by atoms with Crippen molar-refractivity contribution >= 4 is 27.3 Å². The van der Waals surface area contributed by atoms with Crippen molar-refractivity contribution in [1.82, 2.24) is 14.1 Å². The van der Waals surface area contributed by atoms with E-state index in [0.29, 0.717) is 37.1 Å². The lowest BCUT2D eigenvalue weighted by Crippen LogP contribution is -2.55. The molecule has 0 N–H and O–H groups in total. The molecule has 2 atom stereocenters. The molecular weight excluding hydrogens is 406 g/mol. The number of carbonyl (C=O) groups is 1. The molecule has 0 bridgehead atoms. The molecule has 0 spiro atoms. The van der Waals surface area contributed by atoms with Gasteiger partial charge in [-0.1, -0.05) is 24.3 Å². The van der Waals surface area contributed by atoms with Crippen LogP contribution < -0.4 is 0 Å². The van der Waals surface area contributed by atoms with Crippen LogP contribution in [0.4, 0.5) is 0 Å². The minimum absolute atomic E-state index is 0.102. The van der Waals surface area contributed by atoms with Crippen LogP contribution in [0.2, 0.25) is 0 Å². The number of thiophene rings is 1. The Morgan fingerprint density at radius 1 is 1.03 bits per heavy atom. The molecule has 2 saturated heterocycles. The van der Waals surface area contributed by atoms with Crippen molar-refractivity contribution in [2.24, 2.45) is 0 Å². The first-order chi connectivity index (χ1) is 14.0. The van der Waals surface area contributed by atoms with Crippen molar-refractivity contribution in [2.45, 2.75) is 36.7 Å². The SMILES string of the molecule is C[C@H](C(=O)N1CCN(S(=O)(=O)c2ccccc2)CC1)N1CCC[C@H]1c1cccs1. The number of sulfonamides is 1. The lowest BCUT2D eigenvalue weighted by atomic mass is 10.1. The van der Waals surface area contributed by atoms with Gasteiger partial charge in [-0.25, -0.2) is 8.42 Å². The van der Waals surface area contributed by atoms with E-state index in [0.717, 1.165) is 19.4 Å². The Balaban J connectivity index is 1.39. The normalized spacial score (nSPS) is 22.7. The van der Waals surface area contributed by atoms with Crippen molar-refractivity contribution in [3.63, 3.8) is 0 Å². The van der Waals surface area contributed by atoms with E-state index in [2.05, 4.69) is 22.4 Å². The van der Waals surface area contributed by atoms with Crippen molar-refractivity contribution in [3.05, 3.63) is 52.7 Å². The topological polar surface area (TPSA) is 60.9 Å². The van der Waals surface area contributed by atoms with Crippen LogP contribution in [0.25, 0.3) is 0 Å². The lowest BCUT2D eigenvalue weighted by molar-refractivity contribution is -0.138. The highest BCUT2D eigenvalue weighted by molar-refractivity contribution is 7.89. The Morgan fingerprint density at radius 3 is 2.41 bits per heavy atom. The Kier molecular flexibility index (Phi) is 6.06. The number of rotatable bonds is 5. The second kappa shape index (κ2) is 8.55. The average Bonchev–Trinajstić information content (AvgIpc) is 3.45. The smallest absolute Gasteiger partial charge is 0.243 e. The molecule has 8 heteroatoms. The van der Waals surface area contributed by atoms with E-state index in [1.165, 1.54) is 9.18 Å². The number of nitrogens with zero attached hydrogens (tertiary/aromatic N) is 3. The standard InChI is InChI=1S/C21H27N3O3S2/c1-17(24-11-5-9-19(24)20-10-6-16-28-20)21(25)22-12-14-23(15-13-22)29(26,27)18-7-3-2-4-8-18/h2-4,6-8,10,16-17,19H,5,9,11-15H2,1H3/t17-,19+/m1/s1. The molecule has 1 aromatic heterocycles. The maximum absolute atomic E-state index is 13.1. The first kappa shape index (κ1) is 20.5. The van der Waals surface area contributed by atoms with E-state index in [1.54, 1.807) is 41.7 Å². The Bertz CT molecular complexity index is 923. The molecule has 0 aliphatic carbocycles. The lowest BCUT2D eigenvalue weighted by Gasteiger charge is -2.38. The number of benzene rings is 1. The molecule has 0 unspecified atom stereocenters. The summed E-state index contributed by atoms with van der Waals surface area (Å²) >= 11 is 1.75. The summed E-state index contributed by atoms with van der Waals surface area (Å²) in [6, 6.07) is 12.8. The van der Waals surface area contributed by atoms with Gasteiger partial charge in [-0.15, -0.1) is 11.3 Å². The molecule has 3 heterocycles. The molecule has 1 aromatic carbocycles. The maximum Gasteiger partial charge on any atom is 0.243 e. The number of hydrogen-bond acceptors (Lipinski definition) is 5. The summed E-state index contributed by atoms with van der Waals surface area (Å²) in [7, 11) is -3.50. The Hall–Kier alpha value is -1.74. The number of hydrogen-bond donors (Lipinski definition) is 0. The predicted octanol–water partition coefficient (Wildman–Crippen LogP) is 2.81. The summed E-state index contributed by atoms with van der Waals surface area (Å²) in [5.74, 6) is 0.102. The highest BCUT2D eigenvalue weighted by Gasteiger charge is 2.37. The molecular formula is C21H27N3O3S2. The highest BCUT2D eigenvalue weighted by Crippen LogP contribution is 2.36. The molecule has 0 saturated carbocycles. The zero-order chi connectivity index (χ0) is 20.4. The Morgan fingerprint density at radius 2 is 1.76 bits per heavy atom. The quantitative estimate of drug-likeness (QED) is 0.728. The molecule has 2 aliphatic heterocycles. The van der Waals surface area contributed by atoms with Gasteiger partial charge >= 0.3 is 0 Å². The summed E-state index contributed by atoms with van der Waals surface area (Å²) in [6.07, 6.45) is 2.19. The number of carbonyl (C=O) groups excluding carboxylic acids is 1. The maximum atomic E-state index is 13.1. The second-order valence-corrected chi connectivity index (χ2v) is 10.5. The van der Waals surface area contributed by atoms with Crippen LogP contribution in [-0.2, 0) is 14.8 Å². The van der Waals surface area contributed by atoms with Crippen molar-refractivity contribution in [1.29, 1.82) is 0 Å². The summed E-state index contributed by atoms with van der Waals surface area (Å²) < 4.78 is 27.1. The van der Waals surface area contributed by atoms with E-state index in [1.807, 2.05) is 11.8 Å². The van der Waals surface area contributed by atoms with Crippen molar-refractivity contribution < 1.29 is 13.2 Å². The predicted molar refractivity (Wildman–Crippen MR) is 114 cm³/mol. The fourth-order valence-corrected chi connectivity index (χ4v) is 6.66. The minimum Gasteiger partial charge on any atom is -0.339 e. The zero-order valence-electron chi connectivity index (χ0n) is 16.6.